The van der Waals surface area contributed by atoms with Gasteiger partial charge in [0.15, 0.2) is 5.78 Å². The van der Waals surface area contributed by atoms with E-state index >= 15 is 0 Å². The highest BCUT2D eigenvalue weighted by Crippen LogP contribution is 2.20. The van der Waals surface area contributed by atoms with Crippen molar-refractivity contribution in [2.75, 3.05) is 6.54 Å². The molecule has 1 heterocycles. The number of amides is 1. The molecule has 20 heavy (non-hydrogen) atoms. The Morgan fingerprint density at radius 1 is 1.20 bits per heavy atom. The number of ketones is 1. The van der Waals surface area contributed by atoms with Crippen molar-refractivity contribution >= 4 is 17.7 Å². The lowest BCUT2D eigenvalue weighted by Gasteiger charge is -2.21. The molecule has 1 saturated heterocycles. The second-order valence-electron chi connectivity index (χ2n) is 4.85. The van der Waals surface area contributed by atoms with Gasteiger partial charge in [-0.1, -0.05) is 19.1 Å². The highest BCUT2D eigenvalue weighted by Gasteiger charge is 2.34. The van der Waals surface area contributed by atoms with Crippen LogP contribution >= 0.6 is 0 Å². The van der Waals surface area contributed by atoms with Crippen LogP contribution in [-0.2, 0) is 4.79 Å². The first-order valence-electron chi connectivity index (χ1n) is 6.71. The summed E-state index contributed by atoms with van der Waals surface area (Å²) in [6, 6.07) is 5.67. The fourth-order valence-electron chi connectivity index (χ4n) is 2.44. The summed E-state index contributed by atoms with van der Waals surface area (Å²) in [4.78, 5) is 36.3. The normalized spacial score (nSPS) is 18.1. The molecule has 0 aliphatic carbocycles. The van der Waals surface area contributed by atoms with Gasteiger partial charge in [0.05, 0.1) is 0 Å². The minimum absolute atomic E-state index is 0.0218. The summed E-state index contributed by atoms with van der Waals surface area (Å²) in [6.45, 7) is 2.24. The predicted molar refractivity (Wildman–Crippen MR) is 72.8 cm³/mol. The van der Waals surface area contributed by atoms with Crippen LogP contribution in [0, 0.1) is 0 Å². The van der Waals surface area contributed by atoms with E-state index in [0.29, 0.717) is 36.9 Å². The monoisotopic (exact) mass is 275 g/mol. The average molecular weight is 275 g/mol. The van der Waals surface area contributed by atoms with Gasteiger partial charge in [-0.2, -0.15) is 0 Å². The van der Waals surface area contributed by atoms with Crippen molar-refractivity contribution < 1.29 is 19.5 Å². The zero-order chi connectivity index (χ0) is 14.7. The van der Waals surface area contributed by atoms with Crippen molar-refractivity contribution in [1.29, 1.82) is 0 Å². The second kappa shape index (κ2) is 5.86. The van der Waals surface area contributed by atoms with Crippen molar-refractivity contribution in [3.63, 3.8) is 0 Å². The van der Waals surface area contributed by atoms with Crippen LogP contribution in [0.15, 0.2) is 24.3 Å². The first kappa shape index (κ1) is 14.2. The van der Waals surface area contributed by atoms with Gasteiger partial charge in [0.1, 0.15) is 6.04 Å². The Hall–Kier alpha value is -2.17. The fraction of sp³-hybridized carbons (Fsp3) is 0.400. The lowest BCUT2D eigenvalue weighted by molar-refractivity contribution is -0.141. The van der Waals surface area contributed by atoms with Crippen molar-refractivity contribution in [1.82, 2.24) is 4.90 Å². The summed E-state index contributed by atoms with van der Waals surface area (Å²) < 4.78 is 0. The quantitative estimate of drug-likeness (QED) is 0.852. The van der Waals surface area contributed by atoms with Crippen LogP contribution in [0.3, 0.4) is 0 Å². The maximum absolute atomic E-state index is 12.3. The molecular weight excluding hydrogens is 258 g/mol. The first-order valence-corrected chi connectivity index (χ1v) is 6.71. The Labute approximate surface area is 117 Å². The third-order valence-corrected chi connectivity index (χ3v) is 3.57. The van der Waals surface area contributed by atoms with E-state index < -0.39 is 12.0 Å². The summed E-state index contributed by atoms with van der Waals surface area (Å²) >= 11 is 0. The van der Waals surface area contributed by atoms with Gasteiger partial charge in [-0.25, -0.2) is 4.79 Å². The van der Waals surface area contributed by atoms with Crippen molar-refractivity contribution in [2.24, 2.45) is 0 Å². The molecule has 1 amide bonds. The molecule has 1 atom stereocenters. The number of nitrogens with zero attached hydrogens (tertiary/aromatic N) is 1. The molecule has 0 unspecified atom stereocenters. The molecule has 5 heteroatoms. The summed E-state index contributed by atoms with van der Waals surface area (Å²) in [5.41, 5.74) is 0.992. The molecule has 0 spiro atoms. The van der Waals surface area contributed by atoms with Crippen LogP contribution in [-0.4, -0.2) is 40.3 Å². The third-order valence-electron chi connectivity index (χ3n) is 3.57. The molecule has 0 saturated carbocycles. The van der Waals surface area contributed by atoms with E-state index in [-0.39, 0.29) is 11.7 Å². The number of rotatable bonds is 4. The Balaban J connectivity index is 2.17. The molecule has 1 aliphatic heterocycles. The molecule has 1 aromatic carbocycles. The Bertz CT molecular complexity index is 535. The lowest BCUT2D eigenvalue weighted by atomic mass is 10.1. The molecule has 0 bridgehead atoms. The Kier molecular flexibility index (Phi) is 4.17. The maximum Gasteiger partial charge on any atom is 0.326 e. The number of carbonyl (C=O) groups is 3. The number of likely N-dealkylation sites (tertiary alicyclic amines) is 1. The predicted octanol–water partition coefficient (Wildman–Crippen LogP) is 1.97. The van der Waals surface area contributed by atoms with E-state index in [0.717, 1.165) is 0 Å². The van der Waals surface area contributed by atoms with E-state index in [9.17, 15) is 14.4 Å². The molecule has 0 radical (unpaired) electrons. The van der Waals surface area contributed by atoms with E-state index in [4.69, 9.17) is 5.11 Å². The molecule has 5 nitrogen and oxygen atoms in total. The van der Waals surface area contributed by atoms with Gasteiger partial charge in [-0.05, 0) is 25.0 Å². The number of benzene rings is 1. The van der Waals surface area contributed by atoms with Gasteiger partial charge >= 0.3 is 5.97 Å². The highest BCUT2D eigenvalue weighted by atomic mass is 16.4. The number of Topliss-reactive ketones (excluding diaryl/α,β-unsaturated/α-hetero) is 1. The minimum atomic E-state index is -0.964. The second-order valence-corrected chi connectivity index (χ2v) is 4.85. The minimum Gasteiger partial charge on any atom is -0.480 e. The molecule has 2 rings (SSSR count). The van der Waals surface area contributed by atoms with Crippen molar-refractivity contribution in [3.05, 3.63) is 35.4 Å². The Morgan fingerprint density at radius 3 is 2.35 bits per heavy atom. The molecule has 1 aliphatic rings. The van der Waals surface area contributed by atoms with Crippen LogP contribution in [0.1, 0.15) is 46.9 Å². The zero-order valence-corrected chi connectivity index (χ0v) is 11.3. The van der Waals surface area contributed by atoms with Gasteiger partial charge in [0, 0.05) is 24.1 Å². The van der Waals surface area contributed by atoms with Crippen LogP contribution in [0.25, 0.3) is 0 Å². The van der Waals surface area contributed by atoms with Gasteiger partial charge < -0.3 is 10.0 Å². The number of aliphatic carboxylic acids is 1. The van der Waals surface area contributed by atoms with Gasteiger partial charge in [-0.3, -0.25) is 9.59 Å². The third kappa shape index (κ3) is 2.71. The molecule has 0 aromatic heterocycles. The van der Waals surface area contributed by atoms with Crippen LogP contribution in [0.5, 0.6) is 0 Å². The number of carboxylic acids is 1. The molecular formula is C15H17NO4. The van der Waals surface area contributed by atoms with Crippen LogP contribution in [0.2, 0.25) is 0 Å². The first-order chi connectivity index (χ1) is 9.54. The van der Waals surface area contributed by atoms with Crippen LogP contribution < -0.4 is 0 Å². The Morgan fingerprint density at radius 2 is 1.80 bits per heavy atom. The zero-order valence-electron chi connectivity index (χ0n) is 11.3. The number of carbonyl (C=O) groups excluding carboxylic acids is 2. The summed E-state index contributed by atoms with van der Waals surface area (Å²) in [5.74, 6) is -1.23. The summed E-state index contributed by atoms with van der Waals surface area (Å²) in [5, 5.41) is 9.09. The summed E-state index contributed by atoms with van der Waals surface area (Å²) in [7, 11) is 0. The molecule has 1 aromatic rings. The van der Waals surface area contributed by atoms with E-state index in [1.165, 1.54) is 4.90 Å². The van der Waals surface area contributed by atoms with E-state index in [2.05, 4.69) is 0 Å². The summed E-state index contributed by atoms with van der Waals surface area (Å²) in [6.07, 6.45) is 1.61. The number of hydrogen-bond donors (Lipinski definition) is 1. The SMILES string of the molecule is CCC(=O)c1ccc(C(=O)N2CCC[C@@H]2C(=O)O)cc1. The van der Waals surface area contributed by atoms with Gasteiger partial charge in [0.25, 0.3) is 5.91 Å². The number of hydrogen-bond acceptors (Lipinski definition) is 3. The lowest BCUT2D eigenvalue weighted by Crippen LogP contribution is -2.40. The van der Waals surface area contributed by atoms with Gasteiger partial charge in [0.2, 0.25) is 0 Å². The van der Waals surface area contributed by atoms with Gasteiger partial charge in [-0.15, -0.1) is 0 Å². The van der Waals surface area contributed by atoms with E-state index in [1.54, 1.807) is 31.2 Å². The van der Waals surface area contributed by atoms with Crippen LogP contribution in [0.4, 0.5) is 0 Å². The average Bonchev–Trinajstić information content (AvgIpc) is 2.95. The molecule has 106 valence electrons. The molecule has 1 fully saturated rings. The number of carboxylic acid groups (broad SMARTS) is 1. The van der Waals surface area contributed by atoms with E-state index in [1.807, 2.05) is 0 Å². The maximum atomic E-state index is 12.3. The molecule has 1 N–H and O–H groups in total. The smallest absolute Gasteiger partial charge is 0.326 e. The highest BCUT2D eigenvalue weighted by molar-refractivity contribution is 5.99. The van der Waals surface area contributed by atoms with Crippen molar-refractivity contribution in [2.45, 2.75) is 32.2 Å². The standard InChI is InChI=1S/C15H17NO4/c1-2-13(17)10-5-7-11(8-6-10)14(18)16-9-3-4-12(16)15(19)20/h5-8,12H,2-4,9H2,1H3,(H,19,20)/t12-/m1/s1. The topological polar surface area (TPSA) is 74.7 Å². The largest absolute Gasteiger partial charge is 0.480 e. The fourth-order valence-corrected chi connectivity index (χ4v) is 2.44. The van der Waals surface area contributed by atoms with Crippen molar-refractivity contribution in [3.8, 4) is 0 Å².